The zero-order valence-corrected chi connectivity index (χ0v) is 12.4. The highest BCUT2D eigenvalue weighted by molar-refractivity contribution is 5.87. The number of hydrogen-bond donors (Lipinski definition) is 1. The van der Waals surface area contributed by atoms with Crippen LogP contribution < -0.4 is 0 Å². The van der Waals surface area contributed by atoms with E-state index in [2.05, 4.69) is 4.74 Å². The van der Waals surface area contributed by atoms with E-state index in [9.17, 15) is 14.7 Å². The van der Waals surface area contributed by atoms with Crippen LogP contribution in [-0.4, -0.2) is 24.2 Å². The largest absolute Gasteiger partial charge is 0.480 e. The van der Waals surface area contributed by atoms with Crippen LogP contribution in [0.3, 0.4) is 0 Å². The molecule has 0 amide bonds. The van der Waals surface area contributed by atoms with Crippen LogP contribution in [0.4, 0.5) is 0 Å². The first-order valence-corrected chi connectivity index (χ1v) is 7.02. The first-order valence-electron chi connectivity index (χ1n) is 7.02. The Morgan fingerprint density at radius 2 is 1.41 bits per heavy atom. The van der Waals surface area contributed by atoms with E-state index in [1.807, 2.05) is 12.1 Å². The summed E-state index contributed by atoms with van der Waals surface area (Å²) in [5.41, 5.74) is 0.0340. The van der Waals surface area contributed by atoms with E-state index in [1.165, 1.54) is 7.11 Å². The van der Waals surface area contributed by atoms with Crippen molar-refractivity contribution < 1.29 is 19.4 Å². The topological polar surface area (TPSA) is 63.6 Å². The van der Waals surface area contributed by atoms with Gasteiger partial charge in [-0.2, -0.15) is 0 Å². The lowest BCUT2D eigenvalue weighted by Crippen LogP contribution is -2.37. The Balaban J connectivity index is 2.55. The van der Waals surface area contributed by atoms with Crippen molar-refractivity contribution in [3.63, 3.8) is 0 Å². The summed E-state index contributed by atoms with van der Waals surface area (Å²) in [4.78, 5) is 23.7. The molecule has 0 fully saturated rings. The predicted octanol–water partition coefficient (Wildman–Crippen LogP) is 3.01. The summed E-state index contributed by atoms with van der Waals surface area (Å²) < 4.78 is 4.67. The number of carbonyl (C=O) groups excluding carboxylic acids is 1. The molecule has 0 radical (unpaired) electrons. The molecule has 2 rings (SSSR count). The van der Waals surface area contributed by atoms with Gasteiger partial charge in [0.05, 0.1) is 7.11 Å². The number of aliphatic carboxylic acids is 1. The van der Waals surface area contributed by atoms with E-state index in [4.69, 9.17) is 0 Å². The Hall–Kier alpha value is -2.62. The van der Waals surface area contributed by atoms with E-state index < -0.39 is 17.4 Å². The van der Waals surface area contributed by atoms with Crippen LogP contribution in [0.2, 0.25) is 0 Å². The standard InChI is InChI=1S/C18H18O4/c1-22-16(19)12-13-18(17(20)21,14-8-4-2-5-9-14)15-10-6-3-7-11-15/h2-11H,12-13H2,1H3,(H,20,21). The molecule has 4 heteroatoms. The zero-order chi connectivity index (χ0) is 16.0. The van der Waals surface area contributed by atoms with Crippen LogP contribution in [0.1, 0.15) is 24.0 Å². The Labute approximate surface area is 129 Å². The molecule has 0 unspecified atom stereocenters. The minimum absolute atomic E-state index is 0.0343. The van der Waals surface area contributed by atoms with E-state index in [1.54, 1.807) is 48.5 Å². The fourth-order valence-electron chi connectivity index (χ4n) is 2.65. The molecular weight excluding hydrogens is 280 g/mol. The lowest BCUT2D eigenvalue weighted by Gasteiger charge is -2.30. The van der Waals surface area contributed by atoms with Crippen molar-refractivity contribution in [1.82, 2.24) is 0 Å². The van der Waals surface area contributed by atoms with Gasteiger partial charge in [0.2, 0.25) is 0 Å². The molecule has 1 N–H and O–H groups in total. The Kier molecular flexibility index (Phi) is 4.94. The summed E-state index contributed by atoms with van der Waals surface area (Å²) in [6.07, 6.45) is 0.176. The molecule has 2 aromatic carbocycles. The summed E-state index contributed by atoms with van der Waals surface area (Å²) in [6, 6.07) is 18.0. The average Bonchev–Trinajstić information content (AvgIpc) is 2.57. The highest BCUT2D eigenvalue weighted by atomic mass is 16.5. The maximum Gasteiger partial charge on any atom is 0.318 e. The van der Waals surface area contributed by atoms with E-state index in [-0.39, 0.29) is 12.8 Å². The molecule has 0 saturated carbocycles. The van der Waals surface area contributed by atoms with Gasteiger partial charge in [-0.3, -0.25) is 9.59 Å². The lowest BCUT2D eigenvalue weighted by molar-refractivity contribution is -0.144. The molecule has 0 bridgehead atoms. The monoisotopic (exact) mass is 298 g/mol. The molecule has 0 heterocycles. The van der Waals surface area contributed by atoms with Crippen LogP contribution >= 0.6 is 0 Å². The van der Waals surface area contributed by atoms with Crippen molar-refractivity contribution in [2.75, 3.05) is 7.11 Å². The number of methoxy groups -OCH3 is 1. The highest BCUT2D eigenvalue weighted by Crippen LogP contribution is 2.37. The fraction of sp³-hybridized carbons (Fsp3) is 0.222. The maximum atomic E-state index is 12.2. The summed E-state index contributed by atoms with van der Waals surface area (Å²) in [5, 5.41) is 9.96. The minimum Gasteiger partial charge on any atom is -0.480 e. The van der Waals surface area contributed by atoms with Crippen LogP contribution in [0.25, 0.3) is 0 Å². The highest BCUT2D eigenvalue weighted by Gasteiger charge is 2.42. The number of benzene rings is 2. The van der Waals surface area contributed by atoms with Gasteiger partial charge in [-0.05, 0) is 17.5 Å². The molecule has 0 aliphatic heterocycles. The van der Waals surface area contributed by atoms with Gasteiger partial charge in [0.25, 0.3) is 0 Å². The predicted molar refractivity (Wildman–Crippen MR) is 82.5 cm³/mol. The van der Waals surface area contributed by atoms with Crippen LogP contribution in [0.15, 0.2) is 60.7 Å². The minimum atomic E-state index is -1.27. The second kappa shape index (κ2) is 6.89. The quantitative estimate of drug-likeness (QED) is 0.833. The molecule has 0 spiro atoms. The smallest absolute Gasteiger partial charge is 0.318 e. The third-order valence-corrected chi connectivity index (χ3v) is 3.83. The average molecular weight is 298 g/mol. The second-order valence-corrected chi connectivity index (χ2v) is 5.02. The fourth-order valence-corrected chi connectivity index (χ4v) is 2.65. The normalized spacial score (nSPS) is 11.0. The third-order valence-electron chi connectivity index (χ3n) is 3.83. The van der Waals surface area contributed by atoms with E-state index in [0.29, 0.717) is 11.1 Å². The zero-order valence-electron chi connectivity index (χ0n) is 12.4. The van der Waals surface area contributed by atoms with Gasteiger partial charge in [0.1, 0.15) is 5.41 Å². The van der Waals surface area contributed by atoms with Gasteiger partial charge in [-0.25, -0.2) is 0 Å². The van der Waals surface area contributed by atoms with E-state index in [0.717, 1.165) is 0 Å². The lowest BCUT2D eigenvalue weighted by atomic mass is 9.71. The molecular formula is C18H18O4. The van der Waals surface area contributed by atoms with Crippen molar-refractivity contribution in [1.29, 1.82) is 0 Å². The molecule has 0 saturated heterocycles. The first-order chi connectivity index (χ1) is 10.6. The first kappa shape index (κ1) is 15.8. The van der Waals surface area contributed by atoms with Crippen molar-refractivity contribution in [2.24, 2.45) is 0 Å². The van der Waals surface area contributed by atoms with Gasteiger partial charge in [0, 0.05) is 6.42 Å². The number of carbonyl (C=O) groups is 2. The number of ether oxygens (including phenoxy) is 1. The molecule has 0 aromatic heterocycles. The number of rotatable bonds is 6. The number of hydrogen-bond acceptors (Lipinski definition) is 3. The maximum absolute atomic E-state index is 12.2. The van der Waals surface area contributed by atoms with Crippen molar-refractivity contribution in [2.45, 2.75) is 18.3 Å². The molecule has 22 heavy (non-hydrogen) atoms. The summed E-state index contributed by atoms with van der Waals surface area (Å²) >= 11 is 0. The van der Waals surface area contributed by atoms with Crippen molar-refractivity contribution >= 4 is 11.9 Å². The van der Waals surface area contributed by atoms with E-state index >= 15 is 0 Å². The van der Waals surface area contributed by atoms with Crippen molar-refractivity contribution in [3.05, 3.63) is 71.8 Å². The molecule has 2 aromatic rings. The van der Waals surface area contributed by atoms with Gasteiger partial charge in [-0.1, -0.05) is 60.7 Å². The molecule has 0 aliphatic carbocycles. The number of esters is 1. The van der Waals surface area contributed by atoms with Gasteiger partial charge < -0.3 is 9.84 Å². The summed E-state index contributed by atoms with van der Waals surface area (Å²) in [5.74, 6) is -1.40. The van der Waals surface area contributed by atoms with Gasteiger partial charge in [-0.15, -0.1) is 0 Å². The second-order valence-electron chi connectivity index (χ2n) is 5.02. The Bertz CT molecular complexity index is 595. The van der Waals surface area contributed by atoms with Gasteiger partial charge >= 0.3 is 11.9 Å². The molecule has 0 atom stereocenters. The third kappa shape index (κ3) is 3.01. The van der Waals surface area contributed by atoms with Crippen LogP contribution in [0, 0.1) is 0 Å². The van der Waals surface area contributed by atoms with Crippen molar-refractivity contribution in [3.8, 4) is 0 Å². The SMILES string of the molecule is COC(=O)CCC(C(=O)O)(c1ccccc1)c1ccccc1. The molecule has 4 nitrogen and oxygen atoms in total. The number of carboxylic acid groups (broad SMARTS) is 1. The molecule has 114 valence electrons. The Morgan fingerprint density at radius 3 is 1.77 bits per heavy atom. The van der Waals surface area contributed by atoms with Crippen LogP contribution in [0.5, 0.6) is 0 Å². The molecule has 0 aliphatic rings. The number of carboxylic acids is 1. The Morgan fingerprint density at radius 1 is 0.955 bits per heavy atom. The summed E-state index contributed by atoms with van der Waals surface area (Å²) in [6.45, 7) is 0. The van der Waals surface area contributed by atoms with Gasteiger partial charge in [0.15, 0.2) is 0 Å². The summed E-state index contributed by atoms with van der Waals surface area (Å²) in [7, 11) is 1.30. The van der Waals surface area contributed by atoms with Crippen LogP contribution in [-0.2, 0) is 19.7 Å².